The highest BCUT2D eigenvalue weighted by Crippen LogP contribution is 2.23. The molecule has 0 saturated carbocycles. The molecule has 0 fully saturated rings. The highest BCUT2D eigenvalue weighted by atomic mass is 79.9. The third-order valence-corrected chi connectivity index (χ3v) is 2.56. The fourth-order valence-corrected chi connectivity index (χ4v) is 1.35. The van der Waals surface area contributed by atoms with Gasteiger partial charge in [0.25, 0.3) is 0 Å². The van der Waals surface area contributed by atoms with Crippen molar-refractivity contribution in [2.75, 3.05) is 5.73 Å². The molecule has 0 spiro atoms. The average molecular weight is 228 g/mol. The molecular formula is C9H10BrNO. The van der Waals surface area contributed by atoms with Crippen molar-refractivity contribution in [1.29, 1.82) is 0 Å². The summed E-state index contributed by atoms with van der Waals surface area (Å²) in [5.74, 6) is -0.00630. The summed E-state index contributed by atoms with van der Waals surface area (Å²) in [5.41, 5.74) is 7.81. The maximum absolute atomic E-state index is 11.0. The van der Waals surface area contributed by atoms with Crippen molar-refractivity contribution in [1.82, 2.24) is 0 Å². The quantitative estimate of drug-likeness (QED) is 0.592. The second kappa shape index (κ2) is 3.27. The Hall–Kier alpha value is -0.830. The number of ketones is 1. The van der Waals surface area contributed by atoms with Crippen LogP contribution >= 0.6 is 15.9 Å². The summed E-state index contributed by atoms with van der Waals surface area (Å²) < 4.78 is 0.918. The number of halogens is 1. The van der Waals surface area contributed by atoms with Crippen LogP contribution in [0.1, 0.15) is 22.8 Å². The molecule has 1 aromatic carbocycles. The number of hydrogen-bond acceptors (Lipinski definition) is 2. The zero-order valence-corrected chi connectivity index (χ0v) is 8.60. The van der Waals surface area contributed by atoms with Crippen molar-refractivity contribution >= 4 is 27.4 Å². The molecule has 64 valence electrons. The van der Waals surface area contributed by atoms with Crippen LogP contribution in [0.5, 0.6) is 0 Å². The predicted molar refractivity (Wildman–Crippen MR) is 53.3 cm³/mol. The van der Waals surface area contributed by atoms with E-state index < -0.39 is 0 Å². The van der Waals surface area contributed by atoms with Crippen LogP contribution in [0.2, 0.25) is 0 Å². The highest BCUT2D eigenvalue weighted by Gasteiger charge is 2.06. The molecule has 0 saturated heterocycles. The highest BCUT2D eigenvalue weighted by molar-refractivity contribution is 9.10. The first-order chi connectivity index (χ1) is 5.52. The van der Waals surface area contributed by atoms with Gasteiger partial charge in [0.15, 0.2) is 5.78 Å². The van der Waals surface area contributed by atoms with Crippen LogP contribution in [0.25, 0.3) is 0 Å². The van der Waals surface area contributed by atoms with Crippen molar-refractivity contribution < 1.29 is 4.79 Å². The van der Waals surface area contributed by atoms with E-state index >= 15 is 0 Å². The van der Waals surface area contributed by atoms with E-state index in [0.717, 1.165) is 10.0 Å². The zero-order valence-electron chi connectivity index (χ0n) is 7.02. The van der Waals surface area contributed by atoms with E-state index in [4.69, 9.17) is 5.73 Å². The maximum Gasteiger partial charge on any atom is 0.161 e. The number of aryl methyl sites for hydroxylation is 1. The minimum atomic E-state index is -0.00630. The van der Waals surface area contributed by atoms with Crippen LogP contribution in [0.15, 0.2) is 16.6 Å². The molecule has 1 rings (SSSR count). The molecule has 0 aliphatic rings. The standard InChI is InChI=1S/C9H10BrNO/c1-5-3-9(11)7(6(2)12)4-8(5)10/h3-4H,11H2,1-2H3. The molecule has 0 radical (unpaired) electrons. The van der Waals surface area contributed by atoms with Gasteiger partial charge < -0.3 is 5.73 Å². The molecule has 12 heavy (non-hydrogen) atoms. The first-order valence-electron chi connectivity index (χ1n) is 3.59. The summed E-state index contributed by atoms with van der Waals surface area (Å²) in [7, 11) is 0. The van der Waals surface area contributed by atoms with Crippen molar-refractivity contribution in [3.8, 4) is 0 Å². The summed E-state index contributed by atoms with van der Waals surface area (Å²) in [5, 5.41) is 0. The van der Waals surface area contributed by atoms with Crippen LogP contribution in [-0.2, 0) is 0 Å². The van der Waals surface area contributed by atoms with Crippen LogP contribution in [0, 0.1) is 6.92 Å². The van der Waals surface area contributed by atoms with E-state index in [1.165, 1.54) is 6.92 Å². The molecule has 3 heteroatoms. The topological polar surface area (TPSA) is 43.1 Å². The average Bonchev–Trinajstić information content (AvgIpc) is 1.96. The molecule has 0 unspecified atom stereocenters. The number of nitrogens with two attached hydrogens (primary N) is 1. The maximum atomic E-state index is 11.0. The number of anilines is 1. The number of hydrogen-bond donors (Lipinski definition) is 1. The fraction of sp³-hybridized carbons (Fsp3) is 0.222. The van der Waals surface area contributed by atoms with Crippen LogP contribution < -0.4 is 5.73 Å². The molecule has 2 N–H and O–H groups in total. The Balaban J connectivity index is 3.33. The molecule has 0 aliphatic carbocycles. The summed E-state index contributed by atoms with van der Waals surface area (Å²) in [6.45, 7) is 3.44. The summed E-state index contributed by atoms with van der Waals surface area (Å²) >= 11 is 3.34. The van der Waals surface area contributed by atoms with Gasteiger partial charge in [0.1, 0.15) is 0 Å². The van der Waals surface area contributed by atoms with Gasteiger partial charge in [-0.3, -0.25) is 4.79 Å². The van der Waals surface area contributed by atoms with Gasteiger partial charge in [-0.15, -0.1) is 0 Å². The third kappa shape index (κ3) is 1.67. The van der Waals surface area contributed by atoms with E-state index in [1.807, 2.05) is 6.92 Å². The van der Waals surface area contributed by atoms with Crippen LogP contribution in [0.4, 0.5) is 5.69 Å². The second-order valence-electron chi connectivity index (χ2n) is 2.74. The molecule has 0 amide bonds. The van der Waals surface area contributed by atoms with E-state index in [1.54, 1.807) is 12.1 Å². The predicted octanol–water partition coefficient (Wildman–Crippen LogP) is 2.54. The zero-order chi connectivity index (χ0) is 9.30. The van der Waals surface area contributed by atoms with Crippen molar-refractivity contribution in [2.45, 2.75) is 13.8 Å². The molecule has 2 nitrogen and oxygen atoms in total. The molecule has 0 heterocycles. The molecular weight excluding hydrogens is 218 g/mol. The lowest BCUT2D eigenvalue weighted by Gasteiger charge is -2.04. The van der Waals surface area contributed by atoms with Gasteiger partial charge in [0.2, 0.25) is 0 Å². The number of rotatable bonds is 1. The lowest BCUT2D eigenvalue weighted by Crippen LogP contribution is -2.00. The Morgan fingerprint density at radius 3 is 2.58 bits per heavy atom. The Labute approximate surface area is 79.9 Å². The normalized spacial score (nSPS) is 9.92. The number of benzene rings is 1. The van der Waals surface area contributed by atoms with Gasteiger partial charge in [-0.05, 0) is 31.5 Å². The Kier molecular flexibility index (Phi) is 2.52. The number of nitrogen functional groups attached to an aromatic ring is 1. The van der Waals surface area contributed by atoms with Gasteiger partial charge in [-0.2, -0.15) is 0 Å². The molecule has 0 bridgehead atoms. The molecule has 0 aromatic heterocycles. The number of Topliss-reactive ketones (excluding diaryl/α,β-unsaturated/α-hetero) is 1. The summed E-state index contributed by atoms with van der Waals surface area (Å²) in [4.78, 5) is 11.0. The van der Waals surface area contributed by atoms with Gasteiger partial charge in [0.05, 0.1) is 0 Å². The lowest BCUT2D eigenvalue weighted by molar-refractivity contribution is 0.101. The number of carbonyl (C=O) groups is 1. The van der Waals surface area contributed by atoms with E-state index in [9.17, 15) is 4.79 Å². The SMILES string of the molecule is CC(=O)c1cc(Br)c(C)cc1N. The lowest BCUT2D eigenvalue weighted by atomic mass is 10.1. The van der Waals surface area contributed by atoms with E-state index in [2.05, 4.69) is 15.9 Å². The van der Waals surface area contributed by atoms with E-state index in [0.29, 0.717) is 11.3 Å². The Morgan fingerprint density at radius 2 is 2.08 bits per heavy atom. The largest absolute Gasteiger partial charge is 0.398 e. The van der Waals surface area contributed by atoms with Crippen molar-refractivity contribution in [2.24, 2.45) is 0 Å². The van der Waals surface area contributed by atoms with Gasteiger partial charge in [0, 0.05) is 15.7 Å². The fourth-order valence-electron chi connectivity index (χ4n) is 1.01. The molecule has 1 aromatic rings. The van der Waals surface area contributed by atoms with Crippen molar-refractivity contribution in [3.63, 3.8) is 0 Å². The minimum absolute atomic E-state index is 0.00630. The molecule has 0 aliphatic heterocycles. The smallest absolute Gasteiger partial charge is 0.161 e. The van der Waals surface area contributed by atoms with Crippen LogP contribution in [-0.4, -0.2) is 5.78 Å². The van der Waals surface area contributed by atoms with Gasteiger partial charge in [-0.25, -0.2) is 0 Å². The minimum Gasteiger partial charge on any atom is -0.398 e. The van der Waals surface area contributed by atoms with E-state index in [-0.39, 0.29) is 5.78 Å². The number of carbonyl (C=O) groups excluding carboxylic acids is 1. The van der Waals surface area contributed by atoms with Gasteiger partial charge in [-0.1, -0.05) is 15.9 Å². The first-order valence-corrected chi connectivity index (χ1v) is 4.38. The van der Waals surface area contributed by atoms with Gasteiger partial charge >= 0.3 is 0 Å². The summed E-state index contributed by atoms with van der Waals surface area (Å²) in [6, 6.07) is 3.55. The Morgan fingerprint density at radius 1 is 1.50 bits per heavy atom. The summed E-state index contributed by atoms with van der Waals surface area (Å²) in [6.07, 6.45) is 0. The molecule has 0 atom stereocenters. The third-order valence-electron chi connectivity index (χ3n) is 1.71. The monoisotopic (exact) mass is 227 g/mol. The first kappa shape index (κ1) is 9.26. The van der Waals surface area contributed by atoms with Crippen LogP contribution in [0.3, 0.4) is 0 Å². The second-order valence-corrected chi connectivity index (χ2v) is 3.60. The van der Waals surface area contributed by atoms with Crippen molar-refractivity contribution in [3.05, 3.63) is 27.7 Å². The Bertz CT molecular complexity index is 334.